The lowest BCUT2D eigenvalue weighted by molar-refractivity contribution is 0.0597. The van der Waals surface area contributed by atoms with Crippen LogP contribution in [0.5, 0.6) is 5.75 Å². The molecule has 0 atom stereocenters. The molecule has 1 aromatic carbocycles. The minimum atomic E-state index is -0.359. The van der Waals surface area contributed by atoms with E-state index in [0.717, 1.165) is 12.8 Å². The van der Waals surface area contributed by atoms with Crippen LogP contribution in [0.4, 0.5) is 0 Å². The summed E-state index contributed by atoms with van der Waals surface area (Å²) in [6.07, 6.45) is 4.61. The molecule has 3 nitrogen and oxygen atoms in total. The van der Waals surface area contributed by atoms with Crippen molar-refractivity contribution < 1.29 is 14.3 Å². The normalized spacial score (nSPS) is 10.1. The minimum Gasteiger partial charge on any atom is -0.496 e. The maximum absolute atomic E-state index is 11.5. The van der Waals surface area contributed by atoms with Crippen molar-refractivity contribution in [3.63, 3.8) is 0 Å². The molecule has 0 radical (unpaired) electrons. The zero-order valence-corrected chi connectivity index (χ0v) is 10.8. The van der Waals surface area contributed by atoms with Crippen LogP contribution in [-0.4, -0.2) is 20.2 Å². The zero-order chi connectivity index (χ0) is 12.7. The van der Waals surface area contributed by atoms with E-state index in [1.165, 1.54) is 25.5 Å². The molecule has 94 valence electrons. The molecule has 0 aliphatic rings. The summed E-state index contributed by atoms with van der Waals surface area (Å²) in [5, 5.41) is 0. The van der Waals surface area contributed by atoms with Crippen LogP contribution in [0, 0.1) is 0 Å². The topological polar surface area (TPSA) is 35.5 Å². The van der Waals surface area contributed by atoms with E-state index in [-0.39, 0.29) is 5.97 Å². The average molecular weight is 236 g/mol. The molecular formula is C14H20O3. The zero-order valence-electron chi connectivity index (χ0n) is 10.8. The van der Waals surface area contributed by atoms with Crippen LogP contribution in [0.15, 0.2) is 18.2 Å². The third kappa shape index (κ3) is 3.77. The monoisotopic (exact) mass is 236 g/mol. The van der Waals surface area contributed by atoms with Gasteiger partial charge in [0.1, 0.15) is 11.3 Å². The standard InChI is InChI=1S/C14H20O3/c1-4-5-6-7-11-8-9-12(14(15)17-3)13(10-11)16-2/h8-10H,4-7H2,1-3H3. The van der Waals surface area contributed by atoms with E-state index in [4.69, 9.17) is 9.47 Å². The SMILES string of the molecule is CCCCCc1ccc(C(=O)OC)c(OC)c1. The number of rotatable bonds is 6. The van der Waals surface area contributed by atoms with Crippen LogP contribution >= 0.6 is 0 Å². The maximum Gasteiger partial charge on any atom is 0.341 e. The molecule has 0 bridgehead atoms. The molecule has 1 aromatic rings. The number of carbonyl (C=O) groups is 1. The molecule has 0 saturated carbocycles. The Hall–Kier alpha value is -1.51. The highest BCUT2D eigenvalue weighted by atomic mass is 16.5. The van der Waals surface area contributed by atoms with Crippen molar-refractivity contribution >= 4 is 5.97 Å². The highest BCUT2D eigenvalue weighted by Gasteiger charge is 2.12. The third-order valence-electron chi connectivity index (χ3n) is 2.74. The van der Waals surface area contributed by atoms with E-state index >= 15 is 0 Å². The molecule has 1 rings (SSSR count). The molecule has 3 heteroatoms. The van der Waals surface area contributed by atoms with E-state index in [1.54, 1.807) is 13.2 Å². The predicted octanol–water partition coefficient (Wildman–Crippen LogP) is 3.21. The summed E-state index contributed by atoms with van der Waals surface area (Å²) in [7, 11) is 2.94. The summed E-state index contributed by atoms with van der Waals surface area (Å²) in [5.41, 5.74) is 1.68. The maximum atomic E-state index is 11.5. The summed E-state index contributed by atoms with van der Waals surface area (Å²) in [6, 6.07) is 5.65. The van der Waals surface area contributed by atoms with Crippen molar-refractivity contribution in [1.29, 1.82) is 0 Å². The number of carbonyl (C=O) groups excluding carboxylic acids is 1. The number of hydrogen-bond acceptors (Lipinski definition) is 3. The van der Waals surface area contributed by atoms with Gasteiger partial charge < -0.3 is 9.47 Å². The summed E-state index contributed by atoms with van der Waals surface area (Å²) in [4.78, 5) is 11.5. The van der Waals surface area contributed by atoms with E-state index in [1.807, 2.05) is 12.1 Å². The second-order valence-electron chi connectivity index (χ2n) is 3.98. The van der Waals surface area contributed by atoms with Gasteiger partial charge in [-0.05, 0) is 30.5 Å². The van der Waals surface area contributed by atoms with Gasteiger partial charge in [-0.15, -0.1) is 0 Å². The number of methoxy groups -OCH3 is 2. The van der Waals surface area contributed by atoms with E-state index in [9.17, 15) is 4.79 Å². The Labute approximate surface area is 103 Å². The van der Waals surface area contributed by atoms with Crippen LogP contribution in [-0.2, 0) is 11.2 Å². The van der Waals surface area contributed by atoms with Crippen molar-refractivity contribution in [2.24, 2.45) is 0 Å². The first-order valence-corrected chi connectivity index (χ1v) is 5.98. The van der Waals surface area contributed by atoms with Crippen LogP contribution in [0.25, 0.3) is 0 Å². The molecule has 0 saturated heterocycles. The summed E-state index contributed by atoms with van der Waals surface area (Å²) < 4.78 is 9.91. The van der Waals surface area contributed by atoms with Gasteiger partial charge in [0.2, 0.25) is 0 Å². The number of aryl methyl sites for hydroxylation is 1. The van der Waals surface area contributed by atoms with Crippen LogP contribution in [0.3, 0.4) is 0 Å². The van der Waals surface area contributed by atoms with E-state index < -0.39 is 0 Å². The first-order valence-electron chi connectivity index (χ1n) is 5.98. The number of ether oxygens (including phenoxy) is 2. The van der Waals surface area contributed by atoms with Crippen LogP contribution < -0.4 is 4.74 Å². The summed E-state index contributed by atoms with van der Waals surface area (Å²) in [5.74, 6) is 0.229. The smallest absolute Gasteiger partial charge is 0.341 e. The van der Waals surface area contributed by atoms with E-state index in [2.05, 4.69) is 6.92 Å². The van der Waals surface area contributed by atoms with Gasteiger partial charge in [0, 0.05) is 0 Å². The third-order valence-corrected chi connectivity index (χ3v) is 2.74. The summed E-state index contributed by atoms with van der Waals surface area (Å²) >= 11 is 0. The van der Waals surface area contributed by atoms with Crippen LogP contribution in [0.1, 0.15) is 42.1 Å². The fourth-order valence-electron chi connectivity index (χ4n) is 1.75. The number of unbranched alkanes of at least 4 members (excludes halogenated alkanes) is 2. The Kier molecular flexibility index (Phi) is 5.53. The lowest BCUT2D eigenvalue weighted by Gasteiger charge is -2.09. The van der Waals surface area contributed by atoms with Gasteiger partial charge in [-0.3, -0.25) is 0 Å². The lowest BCUT2D eigenvalue weighted by Crippen LogP contribution is -2.04. The van der Waals surface area contributed by atoms with Crippen molar-refractivity contribution in [2.45, 2.75) is 32.6 Å². The molecule has 0 spiro atoms. The van der Waals surface area contributed by atoms with Gasteiger partial charge in [-0.25, -0.2) is 4.79 Å². The van der Waals surface area contributed by atoms with Crippen molar-refractivity contribution in [2.75, 3.05) is 14.2 Å². The number of benzene rings is 1. The fourth-order valence-corrected chi connectivity index (χ4v) is 1.75. The highest BCUT2D eigenvalue weighted by Crippen LogP contribution is 2.22. The van der Waals surface area contributed by atoms with Gasteiger partial charge >= 0.3 is 5.97 Å². The Morgan fingerprint density at radius 1 is 1.24 bits per heavy atom. The fraction of sp³-hybridized carbons (Fsp3) is 0.500. The van der Waals surface area contributed by atoms with Gasteiger partial charge in [0.05, 0.1) is 14.2 Å². The Morgan fingerprint density at radius 3 is 2.59 bits per heavy atom. The Bertz CT molecular complexity index is 372. The minimum absolute atomic E-state index is 0.359. The second-order valence-corrected chi connectivity index (χ2v) is 3.98. The van der Waals surface area contributed by atoms with Crippen molar-refractivity contribution in [3.05, 3.63) is 29.3 Å². The Morgan fingerprint density at radius 2 is 2.00 bits per heavy atom. The molecule has 0 aromatic heterocycles. The second kappa shape index (κ2) is 6.94. The molecule has 0 N–H and O–H groups in total. The predicted molar refractivity (Wildman–Crippen MR) is 67.6 cm³/mol. The molecule has 0 heterocycles. The molecule has 0 amide bonds. The molecule has 0 unspecified atom stereocenters. The van der Waals surface area contributed by atoms with Gasteiger partial charge in [-0.1, -0.05) is 25.8 Å². The lowest BCUT2D eigenvalue weighted by atomic mass is 10.0. The average Bonchev–Trinajstić information content (AvgIpc) is 2.38. The quantitative estimate of drug-likeness (QED) is 0.562. The largest absolute Gasteiger partial charge is 0.496 e. The van der Waals surface area contributed by atoms with E-state index in [0.29, 0.717) is 11.3 Å². The van der Waals surface area contributed by atoms with Crippen molar-refractivity contribution in [3.8, 4) is 5.75 Å². The van der Waals surface area contributed by atoms with Crippen LogP contribution in [0.2, 0.25) is 0 Å². The van der Waals surface area contributed by atoms with Gasteiger partial charge in [-0.2, -0.15) is 0 Å². The first-order chi connectivity index (χ1) is 8.22. The first kappa shape index (κ1) is 13.6. The molecular weight excluding hydrogens is 216 g/mol. The molecule has 0 fully saturated rings. The number of esters is 1. The highest BCUT2D eigenvalue weighted by molar-refractivity contribution is 5.92. The molecule has 17 heavy (non-hydrogen) atoms. The van der Waals surface area contributed by atoms with Gasteiger partial charge in [0.15, 0.2) is 0 Å². The van der Waals surface area contributed by atoms with Gasteiger partial charge in [0.25, 0.3) is 0 Å². The molecule has 0 aliphatic heterocycles. The number of hydrogen-bond donors (Lipinski definition) is 0. The molecule has 0 aliphatic carbocycles. The Balaban J connectivity index is 2.81. The van der Waals surface area contributed by atoms with Crippen molar-refractivity contribution in [1.82, 2.24) is 0 Å². The summed E-state index contributed by atoms with van der Waals surface area (Å²) in [6.45, 7) is 2.18.